The van der Waals surface area contributed by atoms with Gasteiger partial charge in [-0.25, -0.2) is 0 Å². The van der Waals surface area contributed by atoms with Crippen LogP contribution in [0.1, 0.15) is 130 Å². The molecule has 0 aliphatic rings. The van der Waals surface area contributed by atoms with E-state index >= 15 is 0 Å². The van der Waals surface area contributed by atoms with Crippen molar-refractivity contribution < 1.29 is 0 Å². The van der Waals surface area contributed by atoms with Crippen LogP contribution >= 0.6 is 0 Å². The quantitative estimate of drug-likeness (QED) is 0.174. The van der Waals surface area contributed by atoms with E-state index in [-0.39, 0.29) is 0 Å². The molecule has 0 spiro atoms. The Morgan fingerprint density at radius 1 is 0.652 bits per heavy atom. The van der Waals surface area contributed by atoms with E-state index in [1.54, 1.807) is 0 Å². The number of unbranched alkanes of at least 4 members (excludes halogenated alkanes) is 12. The summed E-state index contributed by atoms with van der Waals surface area (Å²) < 4.78 is 0. The molecule has 0 radical (unpaired) electrons. The summed E-state index contributed by atoms with van der Waals surface area (Å²) in [7, 11) is 0. The maximum absolute atomic E-state index is 3.97. The topological polar surface area (TPSA) is 0 Å². The fourth-order valence-corrected chi connectivity index (χ4v) is 3.40. The summed E-state index contributed by atoms with van der Waals surface area (Å²) in [4.78, 5) is 0. The minimum atomic E-state index is 0.964. The maximum Gasteiger partial charge on any atom is -0.0326 e. The molecule has 1 atom stereocenters. The summed E-state index contributed by atoms with van der Waals surface area (Å²) in [6, 6.07) is 0. The molecule has 0 aliphatic heterocycles. The summed E-state index contributed by atoms with van der Waals surface area (Å²) in [5.74, 6) is 0.964. The maximum atomic E-state index is 3.97. The molecule has 0 aliphatic carbocycles. The summed E-state index contributed by atoms with van der Waals surface area (Å²) >= 11 is 0. The van der Waals surface area contributed by atoms with Gasteiger partial charge >= 0.3 is 0 Å². The van der Waals surface area contributed by atoms with Gasteiger partial charge in [-0.05, 0) is 25.7 Å². The molecule has 0 heteroatoms. The predicted molar refractivity (Wildman–Crippen MR) is 108 cm³/mol. The van der Waals surface area contributed by atoms with E-state index in [0.29, 0.717) is 0 Å². The van der Waals surface area contributed by atoms with Gasteiger partial charge in [-0.15, -0.1) is 6.58 Å². The third-order valence-corrected chi connectivity index (χ3v) is 5.10. The first-order chi connectivity index (χ1) is 11.2. The highest BCUT2D eigenvalue weighted by atomic mass is 14.1. The number of rotatable bonds is 18. The van der Waals surface area contributed by atoms with Gasteiger partial charge in [0.15, 0.2) is 0 Å². The summed E-state index contributed by atoms with van der Waals surface area (Å²) in [5.41, 5.74) is 1.35. The Labute approximate surface area is 148 Å². The van der Waals surface area contributed by atoms with Crippen LogP contribution in [0.5, 0.6) is 0 Å². The first-order valence-electron chi connectivity index (χ1n) is 10.8. The van der Waals surface area contributed by atoms with E-state index in [4.69, 9.17) is 0 Å². The Bertz CT molecular complexity index is 240. The van der Waals surface area contributed by atoms with Crippen molar-refractivity contribution in [1.29, 1.82) is 0 Å². The zero-order valence-corrected chi connectivity index (χ0v) is 16.8. The zero-order valence-electron chi connectivity index (χ0n) is 16.8. The largest absolute Gasteiger partial charge is 0.100 e. The first kappa shape index (κ1) is 22.7. The van der Waals surface area contributed by atoms with Gasteiger partial charge in [0.2, 0.25) is 0 Å². The van der Waals surface area contributed by atoms with Gasteiger partial charge < -0.3 is 0 Å². The molecule has 0 amide bonds. The SMILES string of the molecule is C=C(C)CCCCCCCCCCCCCC(C)CCCCC. The van der Waals surface area contributed by atoms with Gasteiger partial charge in [-0.3, -0.25) is 0 Å². The molecule has 0 saturated heterocycles. The molecular formula is C23H46. The van der Waals surface area contributed by atoms with Crippen molar-refractivity contribution in [2.75, 3.05) is 0 Å². The van der Waals surface area contributed by atoms with Crippen LogP contribution in [0.15, 0.2) is 12.2 Å². The predicted octanol–water partition coefficient (Wildman–Crippen LogP) is 8.85. The third kappa shape index (κ3) is 19.7. The van der Waals surface area contributed by atoms with E-state index in [2.05, 4.69) is 27.4 Å². The summed E-state index contributed by atoms with van der Waals surface area (Å²) in [6.07, 6.45) is 24.3. The van der Waals surface area contributed by atoms with E-state index in [9.17, 15) is 0 Å². The first-order valence-corrected chi connectivity index (χ1v) is 10.8. The normalized spacial score (nSPS) is 12.5. The van der Waals surface area contributed by atoms with Crippen molar-refractivity contribution in [2.45, 2.75) is 130 Å². The molecular weight excluding hydrogens is 276 g/mol. The van der Waals surface area contributed by atoms with Gasteiger partial charge in [0, 0.05) is 0 Å². The van der Waals surface area contributed by atoms with E-state index in [0.717, 1.165) is 5.92 Å². The highest BCUT2D eigenvalue weighted by molar-refractivity contribution is 4.86. The van der Waals surface area contributed by atoms with E-state index in [1.165, 1.54) is 115 Å². The molecule has 0 bridgehead atoms. The lowest BCUT2D eigenvalue weighted by Crippen LogP contribution is -1.94. The van der Waals surface area contributed by atoms with Crippen molar-refractivity contribution >= 4 is 0 Å². The summed E-state index contributed by atoms with van der Waals surface area (Å²) in [5, 5.41) is 0. The Kier molecular flexibility index (Phi) is 17.9. The second kappa shape index (κ2) is 18.1. The molecule has 1 unspecified atom stereocenters. The fraction of sp³-hybridized carbons (Fsp3) is 0.913. The molecule has 0 rings (SSSR count). The van der Waals surface area contributed by atoms with Crippen molar-refractivity contribution in [2.24, 2.45) is 5.92 Å². The van der Waals surface area contributed by atoms with Crippen molar-refractivity contribution in [1.82, 2.24) is 0 Å². The van der Waals surface area contributed by atoms with Crippen LogP contribution in [-0.4, -0.2) is 0 Å². The zero-order chi connectivity index (χ0) is 17.2. The average molecular weight is 323 g/mol. The molecule has 0 fully saturated rings. The van der Waals surface area contributed by atoms with Crippen molar-refractivity contribution in [3.8, 4) is 0 Å². The minimum absolute atomic E-state index is 0.964. The molecule has 0 nitrogen and oxygen atoms in total. The van der Waals surface area contributed by atoms with Gasteiger partial charge in [0.1, 0.15) is 0 Å². The monoisotopic (exact) mass is 322 g/mol. The Balaban J connectivity index is 3.09. The Hall–Kier alpha value is -0.260. The molecule has 0 saturated carbocycles. The van der Waals surface area contributed by atoms with E-state index in [1.807, 2.05) is 0 Å². The number of hydrogen-bond donors (Lipinski definition) is 0. The molecule has 0 aromatic rings. The van der Waals surface area contributed by atoms with Crippen molar-refractivity contribution in [3.05, 3.63) is 12.2 Å². The molecule has 0 aromatic heterocycles. The number of hydrogen-bond acceptors (Lipinski definition) is 0. The van der Waals surface area contributed by atoms with Crippen LogP contribution in [0.3, 0.4) is 0 Å². The van der Waals surface area contributed by atoms with Crippen LogP contribution in [0, 0.1) is 5.92 Å². The van der Waals surface area contributed by atoms with Crippen LogP contribution in [0.2, 0.25) is 0 Å². The average Bonchev–Trinajstić information content (AvgIpc) is 2.51. The van der Waals surface area contributed by atoms with Gasteiger partial charge in [-0.1, -0.05) is 116 Å². The second-order valence-corrected chi connectivity index (χ2v) is 7.99. The molecule has 0 aromatic carbocycles. The number of allylic oxidation sites excluding steroid dienone is 1. The van der Waals surface area contributed by atoms with Crippen LogP contribution in [-0.2, 0) is 0 Å². The second-order valence-electron chi connectivity index (χ2n) is 7.99. The van der Waals surface area contributed by atoms with Crippen LogP contribution in [0.4, 0.5) is 0 Å². The lowest BCUT2D eigenvalue weighted by atomic mass is 9.96. The van der Waals surface area contributed by atoms with Gasteiger partial charge in [0.25, 0.3) is 0 Å². The van der Waals surface area contributed by atoms with Crippen molar-refractivity contribution in [3.63, 3.8) is 0 Å². The van der Waals surface area contributed by atoms with Gasteiger partial charge in [-0.2, -0.15) is 0 Å². The highest BCUT2D eigenvalue weighted by Gasteiger charge is 2.01. The lowest BCUT2D eigenvalue weighted by Gasteiger charge is -2.10. The third-order valence-electron chi connectivity index (χ3n) is 5.10. The highest BCUT2D eigenvalue weighted by Crippen LogP contribution is 2.18. The summed E-state index contributed by atoms with van der Waals surface area (Å²) in [6.45, 7) is 10.9. The Morgan fingerprint density at radius 2 is 1.04 bits per heavy atom. The van der Waals surface area contributed by atoms with Crippen LogP contribution < -0.4 is 0 Å². The minimum Gasteiger partial charge on any atom is -0.100 e. The van der Waals surface area contributed by atoms with Crippen LogP contribution in [0.25, 0.3) is 0 Å². The smallest absolute Gasteiger partial charge is 0.0326 e. The molecule has 0 heterocycles. The Morgan fingerprint density at radius 3 is 1.48 bits per heavy atom. The fourth-order valence-electron chi connectivity index (χ4n) is 3.40. The standard InChI is InChI=1S/C23H46/c1-5-6-16-20-23(4)21-18-15-13-11-9-7-8-10-12-14-17-19-22(2)3/h23H,2,5-21H2,1,3-4H3. The molecule has 0 N–H and O–H groups in total. The molecule has 23 heavy (non-hydrogen) atoms. The van der Waals surface area contributed by atoms with Gasteiger partial charge in [0.05, 0.1) is 0 Å². The molecule has 138 valence electrons. The lowest BCUT2D eigenvalue weighted by molar-refractivity contribution is 0.435. The van der Waals surface area contributed by atoms with E-state index < -0.39 is 0 Å².